The number of nitrogens with zero attached hydrogens (tertiary/aromatic N) is 1. The molecule has 0 saturated heterocycles. The first-order valence-corrected chi connectivity index (χ1v) is 10.6. The molecule has 0 spiro atoms. The molecule has 0 unspecified atom stereocenters. The third-order valence-electron chi connectivity index (χ3n) is 5.08. The smallest absolute Gasteiger partial charge is 0.261 e. The molecule has 4 rings (SSSR count). The van der Waals surface area contributed by atoms with Crippen LogP contribution in [0.25, 0.3) is 0 Å². The van der Waals surface area contributed by atoms with E-state index in [1.54, 1.807) is 35.2 Å². The maximum Gasteiger partial charge on any atom is 0.261 e. The van der Waals surface area contributed by atoms with Crippen molar-refractivity contribution in [3.63, 3.8) is 0 Å². The molecule has 142 valence electrons. The highest BCUT2D eigenvalue weighted by atomic mass is 32.2. The molecule has 6 nitrogen and oxygen atoms in total. The van der Waals surface area contributed by atoms with Gasteiger partial charge in [0.25, 0.3) is 10.0 Å². The van der Waals surface area contributed by atoms with E-state index in [1.165, 1.54) is 12.5 Å². The molecule has 1 heterocycles. The third kappa shape index (κ3) is 3.51. The number of fused-ring (bicyclic) bond motifs is 2. The Bertz CT molecular complexity index is 1000. The van der Waals surface area contributed by atoms with Crippen molar-refractivity contribution in [3.8, 4) is 5.75 Å². The van der Waals surface area contributed by atoms with Crippen molar-refractivity contribution in [2.45, 2.75) is 37.5 Å². The molecule has 0 bridgehead atoms. The summed E-state index contributed by atoms with van der Waals surface area (Å²) in [6, 6.07) is 10.3. The molecule has 0 radical (unpaired) electrons. The lowest BCUT2D eigenvalue weighted by Gasteiger charge is -2.29. The number of sulfonamides is 1. The van der Waals surface area contributed by atoms with E-state index in [0.717, 1.165) is 31.2 Å². The number of nitrogens with one attached hydrogen (secondary N) is 1. The van der Waals surface area contributed by atoms with Gasteiger partial charge in [-0.05, 0) is 67.1 Å². The van der Waals surface area contributed by atoms with Gasteiger partial charge >= 0.3 is 0 Å². The molecule has 27 heavy (non-hydrogen) atoms. The Labute approximate surface area is 159 Å². The molecule has 7 heteroatoms. The Kier molecular flexibility index (Phi) is 4.55. The minimum atomic E-state index is -3.71. The standard InChI is InChI=1S/C20H22N2O4S/c1-14(23)22-10-11-26-20-9-7-17(13-19(20)22)21-27(24,25)18-8-6-15-4-2-3-5-16(15)12-18/h6-9,12-13,21H,2-5,10-11H2,1H3. The van der Waals surface area contributed by atoms with Crippen LogP contribution in [0.15, 0.2) is 41.3 Å². The van der Waals surface area contributed by atoms with Gasteiger partial charge in [0.2, 0.25) is 5.91 Å². The van der Waals surface area contributed by atoms with Gasteiger partial charge in [-0.25, -0.2) is 8.42 Å². The van der Waals surface area contributed by atoms with Gasteiger partial charge < -0.3 is 9.64 Å². The van der Waals surface area contributed by atoms with E-state index in [4.69, 9.17) is 4.74 Å². The van der Waals surface area contributed by atoms with E-state index < -0.39 is 10.0 Å². The molecule has 0 fully saturated rings. The van der Waals surface area contributed by atoms with Crippen molar-refractivity contribution in [3.05, 3.63) is 47.5 Å². The molecule has 1 aliphatic heterocycles. The van der Waals surface area contributed by atoms with E-state index >= 15 is 0 Å². The van der Waals surface area contributed by atoms with Crippen molar-refractivity contribution in [1.82, 2.24) is 0 Å². The summed E-state index contributed by atoms with van der Waals surface area (Å²) in [5.74, 6) is 0.474. The monoisotopic (exact) mass is 386 g/mol. The number of aryl methyl sites for hydroxylation is 2. The van der Waals surface area contributed by atoms with Crippen LogP contribution in [0.1, 0.15) is 30.9 Å². The molecule has 0 aromatic heterocycles. The highest BCUT2D eigenvalue weighted by molar-refractivity contribution is 7.92. The quantitative estimate of drug-likeness (QED) is 0.879. The van der Waals surface area contributed by atoms with Gasteiger partial charge in [-0.1, -0.05) is 6.07 Å². The summed E-state index contributed by atoms with van der Waals surface area (Å²) in [5, 5.41) is 0. The Balaban J connectivity index is 1.63. The second kappa shape index (κ2) is 6.88. The van der Waals surface area contributed by atoms with E-state index in [0.29, 0.717) is 30.3 Å². The van der Waals surface area contributed by atoms with Crippen LogP contribution >= 0.6 is 0 Å². The molecule has 0 atom stereocenters. The lowest BCUT2D eigenvalue weighted by Crippen LogP contribution is -2.36. The summed E-state index contributed by atoms with van der Waals surface area (Å²) in [6.45, 7) is 2.36. The number of amides is 1. The first kappa shape index (κ1) is 17.9. The molecular weight excluding hydrogens is 364 g/mol. The normalized spacial score (nSPS) is 16.1. The fourth-order valence-electron chi connectivity index (χ4n) is 3.70. The van der Waals surface area contributed by atoms with Gasteiger partial charge in [-0.2, -0.15) is 0 Å². The summed E-state index contributed by atoms with van der Waals surface area (Å²) < 4.78 is 33.9. The van der Waals surface area contributed by atoms with Gasteiger partial charge in [0.15, 0.2) is 0 Å². The zero-order valence-corrected chi connectivity index (χ0v) is 16.0. The number of ether oxygens (including phenoxy) is 1. The lowest BCUT2D eigenvalue weighted by molar-refractivity contribution is -0.116. The Hall–Kier alpha value is -2.54. The van der Waals surface area contributed by atoms with Gasteiger partial charge in [0.05, 0.1) is 22.8 Å². The average Bonchev–Trinajstić information content (AvgIpc) is 2.66. The van der Waals surface area contributed by atoms with Crippen LogP contribution in [0.4, 0.5) is 11.4 Å². The van der Waals surface area contributed by atoms with E-state index in [2.05, 4.69) is 4.72 Å². The summed E-state index contributed by atoms with van der Waals surface area (Å²) >= 11 is 0. The summed E-state index contributed by atoms with van der Waals surface area (Å²) in [7, 11) is -3.71. The number of benzene rings is 2. The van der Waals surface area contributed by atoms with Crippen molar-refractivity contribution in [2.75, 3.05) is 22.8 Å². The van der Waals surface area contributed by atoms with Crippen molar-refractivity contribution >= 4 is 27.3 Å². The second-order valence-corrected chi connectivity index (χ2v) is 8.63. The zero-order valence-electron chi connectivity index (χ0n) is 15.2. The predicted octanol–water partition coefficient (Wildman–Crippen LogP) is 3.11. The van der Waals surface area contributed by atoms with E-state index in [1.807, 2.05) is 6.07 Å². The van der Waals surface area contributed by atoms with Crippen molar-refractivity contribution < 1.29 is 17.9 Å². The fourth-order valence-corrected chi connectivity index (χ4v) is 4.80. The molecule has 2 aliphatic rings. The number of hydrogen-bond donors (Lipinski definition) is 1. The highest BCUT2D eigenvalue weighted by Crippen LogP contribution is 2.35. The fraction of sp³-hybridized carbons (Fsp3) is 0.350. The number of rotatable bonds is 3. The maximum absolute atomic E-state index is 12.8. The van der Waals surface area contributed by atoms with Crippen LogP contribution in [0, 0.1) is 0 Å². The number of hydrogen-bond acceptors (Lipinski definition) is 4. The van der Waals surface area contributed by atoms with Crippen LogP contribution in [0.2, 0.25) is 0 Å². The van der Waals surface area contributed by atoms with Crippen LogP contribution < -0.4 is 14.4 Å². The van der Waals surface area contributed by atoms with E-state index in [9.17, 15) is 13.2 Å². The predicted molar refractivity (Wildman–Crippen MR) is 104 cm³/mol. The molecule has 1 amide bonds. The van der Waals surface area contributed by atoms with Gasteiger partial charge in [-0.3, -0.25) is 9.52 Å². The lowest BCUT2D eigenvalue weighted by atomic mass is 9.92. The van der Waals surface area contributed by atoms with Crippen LogP contribution in [-0.4, -0.2) is 27.5 Å². The first-order valence-electron chi connectivity index (χ1n) is 9.14. The first-order chi connectivity index (χ1) is 12.9. The molecule has 0 saturated carbocycles. The minimum Gasteiger partial charge on any atom is -0.490 e. The van der Waals surface area contributed by atoms with Crippen molar-refractivity contribution in [2.24, 2.45) is 0 Å². The summed E-state index contributed by atoms with van der Waals surface area (Å²) in [4.78, 5) is 13.7. The molecule has 2 aromatic carbocycles. The summed E-state index contributed by atoms with van der Waals surface area (Å²) in [6.07, 6.45) is 4.17. The van der Waals surface area contributed by atoms with Crippen molar-refractivity contribution in [1.29, 1.82) is 0 Å². The maximum atomic E-state index is 12.8. The largest absolute Gasteiger partial charge is 0.490 e. The second-order valence-electron chi connectivity index (χ2n) is 6.94. The van der Waals surface area contributed by atoms with Gasteiger partial charge in [0.1, 0.15) is 12.4 Å². The topological polar surface area (TPSA) is 75.7 Å². The van der Waals surface area contributed by atoms with Crippen LogP contribution in [-0.2, 0) is 27.7 Å². The molecule has 2 aromatic rings. The zero-order chi connectivity index (χ0) is 19.0. The van der Waals surface area contributed by atoms with Crippen LogP contribution in [0.3, 0.4) is 0 Å². The molecule has 1 aliphatic carbocycles. The molecular formula is C20H22N2O4S. The average molecular weight is 386 g/mol. The Morgan fingerprint density at radius 3 is 2.63 bits per heavy atom. The van der Waals surface area contributed by atoms with Gasteiger partial charge in [0, 0.05) is 6.92 Å². The van der Waals surface area contributed by atoms with E-state index in [-0.39, 0.29) is 10.8 Å². The molecule has 1 N–H and O–H groups in total. The summed E-state index contributed by atoms with van der Waals surface area (Å²) in [5.41, 5.74) is 3.34. The van der Waals surface area contributed by atoms with Crippen LogP contribution in [0.5, 0.6) is 5.75 Å². The number of anilines is 2. The Morgan fingerprint density at radius 2 is 1.85 bits per heavy atom. The highest BCUT2D eigenvalue weighted by Gasteiger charge is 2.23. The Morgan fingerprint density at radius 1 is 1.07 bits per heavy atom. The number of carbonyl (C=O) groups excluding carboxylic acids is 1. The minimum absolute atomic E-state index is 0.103. The third-order valence-corrected chi connectivity index (χ3v) is 6.46. The van der Waals surface area contributed by atoms with Gasteiger partial charge in [-0.15, -0.1) is 0 Å². The SMILES string of the molecule is CC(=O)N1CCOc2ccc(NS(=O)(=O)c3ccc4c(c3)CCCC4)cc21. The number of carbonyl (C=O) groups is 1.